The van der Waals surface area contributed by atoms with E-state index in [2.05, 4.69) is 71.7 Å². The van der Waals surface area contributed by atoms with Crippen LogP contribution in [0.3, 0.4) is 0 Å². The predicted octanol–water partition coefficient (Wildman–Crippen LogP) is 3.75. The van der Waals surface area contributed by atoms with Gasteiger partial charge in [0.15, 0.2) is 0 Å². The Morgan fingerprint density at radius 3 is 2.57 bits per heavy atom. The minimum absolute atomic E-state index is 0.584. The summed E-state index contributed by atoms with van der Waals surface area (Å²) >= 11 is 0. The Kier molecular flexibility index (Phi) is 4.56. The van der Waals surface area contributed by atoms with Crippen LogP contribution in [0.2, 0.25) is 0 Å². The molecule has 1 unspecified atom stereocenters. The van der Waals surface area contributed by atoms with Gasteiger partial charge in [-0.15, -0.1) is 0 Å². The zero-order valence-corrected chi connectivity index (χ0v) is 12.8. The topological polar surface area (TPSA) is 15.3 Å². The van der Waals surface area contributed by atoms with Crippen molar-refractivity contribution in [2.45, 2.75) is 32.4 Å². The Morgan fingerprint density at radius 2 is 1.81 bits per heavy atom. The van der Waals surface area contributed by atoms with Gasteiger partial charge in [-0.2, -0.15) is 0 Å². The SMILES string of the molecule is Cc1ccc(N2CCCC(NCc3ccccc3)C2)cc1. The van der Waals surface area contributed by atoms with Gasteiger partial charge in [0, 0.05) is 31.4 Å². The molecule has 0 radical (unpaired) electrons. The van der Waals surface area contributed by atoms with Crippen molar-refractivity contribution in [1.29, 1.82) is 0 Å². The second kappa shape index (κ2) is 6.77. The third kappa shape index (κ3) is 3.85. The van der Waals surface area contributed by atoms with Crippen LogP contribution in [0.4, 0.5) is 5.69 Å². The minimum atomic E-state index is 0.584. The standard InChI is InChI=1S/C19H24N2/c1-16-9-11-19(12-10-16)21-13-5-8-18(15-21)20-14-17-6-3-2-4-7-17/h2-4,6-7,9-12,18,20H,5,8,13-15H2,1H3. The normalized spacial score (nSPS) is 18.7. The third-order valence-electron chi connectivity index (χ3n) is 4.26. The molecule has 1 aliphatic rings. The Labute approximate surface area is 127 Å². The molecule has 2 heteroatoms. The first kappa shape index (κ1) is 14.2. The molecule has 0 saturated carbocycles. The highest BCUT2D eigenvalue weighted by atomic mass is 15.2. The van der Waals surface area contributed by atoms with E-state index in [1.165, 1.54) is 36.2 Å². The molecule has 1 atom stereocenters. The quantitative estimate of drug-likeness (QED) is 0.917. The number of rotatable bonds is 4. The summed E-state index contributed by atoms with van der Waals surface area (Å²) in [5.41, 5.74) is 4.05. The van der Waals surface area contributed by atoms with Crippen molar-refractivity contribution in [2.75, 3.05) is 18.0 Å². The van der Waals surface area contributed by atoms with Crippen molar-refractivity contribution in [2.24, 2.45) is 0 Å². The number of benzene rings is 2. The summed E-state index contributed by atoms with van der Waals surface area (Å²) in [5, 5.41) is 3.71. The first-order valence-corrected chi connectivity index (χ1v) is 7.90. The second-order valence-corrected chi connectivity index (χ2v) is 5.99. The van der Waals surface area contributed by atoms with Gasteiger partial charge in [0.25, 0.3) is 0 Å². The molecule has 0 aromatic heterocycles. The lowest BCUT2D eigenvalue weighted by Crippen LogP contribution is -2.45. The Morgan fingerprint density at radius 1 is 1.05 bits per heavy atom. The molecule has 1 fully saturated rings. The number of piperidine rings is 1. The molecular weight excluding hydrogens is 256 g/mol. The predicted molar refractivity (Wildman–Crippen MR) is 89.7 cm³/mol. The van der Waals surface area contributed by atoms with Crippen LogP contribution in [0.15, 0.2) is 54.6 Å². The largest absolute Gasteiger partial charge is 0.370 e. The van der Waals surface area contributed by atoms with E-state index in [0.717, 1.165) is 13.1 Å². The minimum Gasteiger partial charge on any atom is -0.370 e. The lowest BCUT2D eigenvalue weighted by atomic mass is 10.0. The molecule has 21 heavy (non-hydrogen) atoms. The van der Waals surface area contributed by atoms with Gasteiger partial charge in [0.1, 0.15) is 0 Å². The number of hydrogen-bond donors (Lipinski definition) is 1. The number of aryl methyl sites for hydroxylation is 1. The summed E-state index contributed by atoms with van der Waals surface area (Å²) < 4.78 is 0. The van der Waals surface area contributed by atoms with Gasteiger partial charge in [0.05, 0.1) is 0 Å². The fraction of sp³-hybridized carbons (Fsp3) is 0.368. The second-order valence-electron chi connectivity index (χ2n) is 5.99. The van der Waals surface area contributed by atoms with E-state index in [0.29, 0.717) is 6.04 Å². The number of anilines is 1. The summed E-state index contributed by atoms with van der Waals surface area (Å²) in [5.74, 6) is 0. The smallest absolute Gasteiger partial charge is 0.0366 e. The highest BCUT2D eigenvalue weighted by Crippen LogP contribution is 2.20. The maximum atomic E-state index is 3.71. The summed E-state index contributed by atoms with van der Waals surface area (Å²) in [4.78, 5) is 2.51. The van der Waals surface area contributed by atoms with Crippen molar-refractivity contribution in [1.82, 2.24) is 5.32 Å². The molecule has 2 nitrogen and oxygen atoms in total. The highest BCUT2D eigenvalue weighted by molar-refractivity contribution is 5.48. The molecule has 1 heterocycles. The monoisotopic (exact) mass is 280 g/mol. The number of nitrogens with one attached hydrogen (secondary N) is 1. The van der Waals surface area contributed by atoms with Crippen LogP contribution in [0.5, 0.6) is 0 Å². The molecule has 110 valence electrons. The molecule has 2 aromatic carbocycles. The van der Waals surface area contributed by atoms with E-state index < -0.39 is 0 Å². The van der Waals surface area contributed by atoms with Gasteiger partial charge in [-0.1, -0.05) is 48.0 Å². The van der Waals surface area contributed by atoms with Crippen molar-refractivity contribution in [3.8, 4) is 0 Å². The van der Waals surface area contributed by atoms with Gasteiger partial charge >= 0.3 is 0 Å². The Bertz CT molecular complexity index is 548. The molecule has 1 saturated heterocycles. The van der Waals surface area contributed by atoms with Gasteiger partial charge < -0.3 is 10.2 Å². The maximum Gasteiger partial charge on any atom is 0.0366 e. The van der Waals surface area contributed by atoms with Crippen LogP contribution < -0.4 is 10.2 Å². The van der Waals surface area contributed by atoms with Gasteiger partial charge in [-0.05, 0) is 37.5 Å². The molecule has 0 bridgehead atoms. The molecule has 1 N–H and O–H groups in total. The maximum absolute atomic E-state index is 3.71. The molecule has 0 spiro atoms. The summed E-state index contributed by atoms with van der Waals surface area (Å²) in [6.45, 7) is 5.39. The summed E-state index contributed by atoms with van der Waals surface area (Å²) in [7, 11) is 0. The molecule has 0 aliphatic carbocycles. The van der Waals surface area contributed by atoms with Crippen molar-refractivity contribution in [3.63, 3.8) is 0 Å². The molecule has 0 amide bonds. The third-order valence-corrected chi connectivity index (χ3v) is 4.26. The Hall–Kier alpha value is -1.80. The van der Waals surface area contributed by atoms with Crippen molar-refractivity contribution in [3.05, 3.63) is 65.7 Å². The van der Waals surface area contributed by atoms with E-state index in [9.17, 15) is 0 Å². The van der Waals surface area contributed by atoms with Gasteiger partial charge in [-0.25, -0.2) is 0 Å². The highest BCUT2D eigenvalue weighted by Gasteiger charge is 2.19. The lowest BCUT2D eigenvalue weighted by molar-refractivity contribution is 0.421. The first-order valence-electron chi connectivity index (χ1n) is 7.90. The fourth-order valence-corrected chi connectivity index (χ4v) is 2.99. The zero-order chi connectivity index (χ0) is 14.5. The van der Waals surface area contributed by atoms with Crippen molar-refractivity contribution < 1.29 is 0 Å². The van der Waals surface area contributed by atoms with Crippen LogP contribution in [0, 0.1) is 6.92 Å². The van der Waals surface area contributed by atoms with E-state index in [4.69, 9.17) is 0 Å². The number of hydrogen-bond acceptors (Lipinski definition) is 2. The van der Waals surface area contributed by atoms with Crippen LogP contribution >= 0.6 is 0 Å². The zero-order valence-electron chi connectivity index (χ0n) is 12.8. The molecular formula is C19H24N2. The molecule has 3 rings (SSSR count). The van der Waals surface area contributed by atoms with Crippen LogP contribution in [-0.4, -0.2) is 19.1 Å². The summed E-state index contributed by atoms with van der Waals surface area (Å²) in [6.07, 6.45) is 2.54. The molecule has 2 aromatic rings. The lowest BCUT2D eigenvalue weighted by Gasteiger charge is -2.35. The number of nitrogens with zero attached hydrogens (tertiary/aromatic N) is 1. The van der Waals surface area contributed by atoms with Crippen LogP contribution in [0.1, 0.15) is 24.0 Å². The average molecular weight is 280 g/mol. The van der Waals surface area contributed by atoms with Crippen LogP contribution in [0.25, 0.3) is 0 Å². The first-order chi connectivity index (χ1) is 10.3. The average Bonchev–Trinajstić information content (AvgIpc) is 2.55. The van der Waals surface area contributed by atoms with E-state index in [-0.39, 0.29) is 0 Å². The Balaban J connectivity index is 1.57. The van der Waals surface area contributed by atoms with Crippen molar-refractivity contribution >= 4 is 5.69 Å². The van der Waals surface area contributed by atoms with E-state index >= 15 is 0 Å². The summed E-state index contributed by atoms with van der Waals surface area (Å²) in [6, 6.07) is 20.1. The van der Waals surface area contributed by atoms with E-state index in [1.807, 2.05) is 0 Å². The molecule has 1 aliphatic heterocycles. The van der Waals surface area contributed by atoms with Gasteiger partial charge in [-0.3, -0.25) is 0 Å². The van der Waals surface area contributed by atoms with Gasteiger partial charge in [0.2, 0.25) is 0 Å². The van der Waals surface area contributed by atoms with E-state index in [1.54, 1.807) is 0 Å². The fourth-order valence-electron chi connectivity index (χ4n) is 2.99. The van der Waals surface area contributed by atoms with Crippen LogP contribution in [-0.2, 0) is 6.54 Å².